The lowest BCUT2D eigenvalue weighted by molar-refractivity contribution is -0.105. The summed E-state index contributed by atoms with van der Waals surface area (Å²) in [6, 6.07) is 1.57. The van der Waals surface area contributed by atoms with Gasteiger partial charge in [-0.1, -0.05) is 18.5 Å². The third-order valence-electron chi connectivity index (χ3n) is 3.86. The summed E-state index contributed by atoms with van der Waals surface area (Å²) >= 11 is 5.86. The first-order chi connectivity index (χ1) is 8.42. The van der Waals surface area contributed by atoms with Crippen molar-refractivity contribution in [1.82, 2.24) is 4.98 Å². The normalized spacial score (nSPS) is 30.1. The molecule has 2 rings (SSSR count). The van der Waals surface area contributed by atoms with Crippen LogP contribution in [0, 0.1) is 5.92 Å². The second-order valence-electron chi connectivity index (χ2n) is 5.32. The molecule has 1 fully saturated rings. The average Bonchev–Trinajstić information content (AvgIpc) is 2.35. The standard InChI is InChI=1S/C13H19ClN2O2/c1-8-2-4-13(18,5-3-8)11(17)10-6-9(14)7-16-12(10)15/h6-8,11,17-18H,2-5H2,1H3,(H2,15,16). The summed E-state index contributed by atoms with van der Waals surface area (Å²) in [6.07, 6.45) is 3.35. The molecule has 0 spiro atoms. The molecule has 0 saturated heterocycles. The summed E-state index contributed by atoms with van der Waals surface area (Å²) in [5, 5.41) is 21.3. The van der Waals surface area contributed by atoms with Crippen molar-refractivity contribution in [1.29, 1.82) is 0 Å². The van der Waals surface area contributed by atoms with Crippen LogP contribution < -0.4 is 5.73 Å². The van der Waals surface area contributed by atoms with Crippen LogP contribution in [0.4, 0.5) is 5.82 Å². The first kappa shape index (κ1) is 13.6. The van der Waals surface area contributed by atoms with Crippen LogP contribution in [0.5, 0.6) is 0 Å². The van der Waals surface area contributed by atoms with Crippen LogP contribution in [0.25, 0.3) is 0 Å². The Kier molecular flexibility index (Phi) is 3.80. The van der Waals surface area contributed by atoms with E-state index < -0.39 is 11.7 Å². The molecule has 1 aromatic heterocycles. The zero-order valence-electron chi connectivity index (χ0n) is 10.4. The highest BCUT2D eigenvalue weighted by atomic mass is 35.5. The van der Waals surface area contributed by atoms with Crippen LogP contribution >= 0.6 is 11.6 Å². The smallest absolute Gasteiger partial charge is 0.129 e. The maximum absolute atomic E-state index is 10.5. The number of nitrogens with two attached hydrogens (primary N) is 1. The van der Waals surface area contributed by atoms with E-state index in [1.54, 1.807) is 6.07 Å². The predicted molar refractivity (Wildman–Crippen MR) is 71.2 cm³/mol. The van der Waals surface area contributed by atoms with E-state index in [0.29, 0.717) is 29.3 Å². The van der Waals surface area contributed by atoms with Gasteiger partial charge in [0.05, 0.1) is 10.6 Å². The molecule has 1 heterocycles. The maximum Gasteiger partial charge on any atom is 0.129 e. The first-order valence-electron chi connectivity index (χ1n) is 6.24. The molecular weight excluding hydrogens is 252 g/mol. The molecule has 1 aliphatic carbocycles. The number of aromatic nitrogens is 1. The van der Waals surface area contributed by atoms with E-state index in [1.807, 2.05) is 0 Å². The summed E-state index contributed by atoms with van der Waals surface area (Å²) in [5.41, 5.74) is 5.04. The van der Waals surface area contributed by atoms with Crippen molar-refractivity contribution in [2.75, 3.05) is 5.73 Å². The van der Waals surface area contributed by atoms with Crippen LogP contribution in [0.1, 0.15) is 44.3 Å². The molecule has 1 unspecified atom stereocenters. The number of hydrogen-bond acceptors (Lipinski definition) is 4. The monoisotopic (exact) mass is 270 g/mol. The van der Waals surface area contributed by atoms with Gasteiger partial charge in [0.15, 0.2) is 0 Å². The van der Waals surface area contributed by atoms with E-state index in [0.717, 1.165) is 12.8 Å². The molecule has 5 heteroatoms. The zero-order chi connectivity index (χ0) is 13.3. The Bertz CT molecular complexity index is 431. The molecule has 0 amide bonds. The van der Waals surface area contributed by atoms with Crippen LogP contribution in [-0.4, -0.2) is 20.8 Å². The van der Waals surface area contributed by atoms with Gasteiger partial charge >= 0.3 is 0 Å². The highest BCUT2D eigenvalue weighted by molar-refractivity contribution is 6.30. The number of halogens is 1. The Balaban J connectivity index is 2.24. The largest absolute Gasteiger partial charge is 0.387 e. The van der Waals surface area contributed by atoms with E-state index in [9.17, 15) is 10.2 Å². The number of pyridine rings is 1. The van der Waals surface area contributed by atoms with Gasteiger partial charge in [-0.3, -0.25) is 0 Å². The van der Waals surface area contributed by atoms with E-state index in [2.05, 4.69) is 11.9 Å². The van der Waals surface area contributed by atoms with Gasteiger partial charge in [0.1, 0.15) is 11.9 Å². The summed E-state index contributed by atoms with van der Waals surface area (Å²) in [4.78, 5) is 3.92. The van der Waals surface area contributed by atoms with Crippen molar-refractivity contribution in [2.45, 2.75) is 44.3 Å². The van der Waals surface area contributed by atoms with Crippen molar-refractivity contribution in [3.8, 4) is 0 Å². The number of aliphatic hydroxyl groups is 2. The van der Waals surface area contributed by atoms with Gasteiger partial charge in [-0.2, -0.15) is 0 Å². The van der Waals surface area contributed by atoms with Crippen LogP contribution in [0.2, 0.25) is 5.02 Å². The molecule has 0 aliphatic heterocycles. The number of rotatable bonds is 2. The van der Waals surface area contributed by atoms with Crippen molar-refractivity contribution >= 4 is 17.4 Å². The number of nitrogens with zero attached hydrogens (tertiary/aromatic N) is 1. The van der Waals surface area contributed by atoms with Gasteiger partial charge in [0.25, 0.3) is 0 Å². The van der Waals surface area contributed by atoms with Crippen molar-refractivity contribution < 1.29 is 10.2 Å². The maximum atomic E-state index is 10.5. The predicted octanol–water partition coefficient (Wildman–Crippen LogP) is 2.29. The minimum Gasteiger partial charge on any atom is -0.387 e. The topological polar surface area (TPSA) is 79.4 Å². The Hall–Kier alpha value is -0.840. The summed E-state index contributed by atoms with van der Waals surface area (Å²) in [6.45, 7) is 2.15. The first-order valence-corrected chi connectivity index (χ1v) is 6.61. The quantitative estimate of drug-likeness (QED) is 0.770. The average molecular weight is 271 g/mol. The van der Waals surface area contributed by atoms with E-state index in [1.165, 1.54) is 6.20 Å². The fourth-order valence-corrected chi connectivity index (χ4v) is 2.68. The lowest BCUT2D eigenvalue weighted by Gasteiger charge is -2.38. The molecular formula is C13H19ClN2O2. The summed E-state index contributed by atoms with van der Waals surface area (Å²) in [7, 11) is 0. The Morgan fingerprint density at radius 1 is 1.50 bits per heavy atom. The van der Waals surface area contributed by atoms with Gasteiger partial charge in [0.2, 0.25) is 0 Å². The minimum absolute atomic E-state index is 0.221. The molecule has 0 bridgehead atoms. The highest BCUT2D eigenvalue weighted by Crippen LogP contribution is 2.41. The molecule has 18 heavy (non-hydrogen) atoms. The van der Waals surface area contributed by atoms with Gasteiger partial charge < -0.3 is 15.9 Å². The molecule has 0 radical (unpaired) electrons. The third-order valence-corrected chi connectivity index (χ3v) is 4.07. The van der Waals surface area contributed by atoms with Crippen LogP contribution in [0.15, 0.2) is 12.3 Å². The van der Waals surface area contributed by atoms with Gasteiger partial charge in [-0.05, 0) is 37.7 Å². The van der Waals surface area contributed by atoms with Gasteiger partial charge in [0, 0.05) is 11.8 Å². The van der Waals surface area contributed by atoms with Gasteiger partial charge in [-0.15, -0.1) is 0 Å². The van der Waals surface area contributed by atoms with Crippen molar-refractivity contribution in [3.05, 3.63) is 22.8 Å². The van der Waals surface area contributed by atoms with E-state index in [-0.39, 0.29) is 5.82 Å². The fourth-order valence-electron chi connectivity index (χ4n) is 2.51. The minimum atomic E-state index is -1.12. The SMILES string of the molecule is CC1CCC(O)(C(O)c2cc(Cl)cnc2N)CC1. The van der Waals surface area contributed by atoms with Crippen LogP contribution in [0.3, 0.4) is 0 Å². The number of hydrogen-bond donors (Lipinski definition) is 3. The third kappa shape index (κ3) is 2.60. The number of nitrogen functional groups attached to an aromatic ring is 1. The zero-order valence-corrected chi connectivity index (χ0v) is 11.2. The van der Waals surface area contributed by atoms with Crippen molar-refractivity contribution in [3.63, 3.8) is 0 Å². The molecule has 0 aromatic carbocycles. The molecule has 4 nitrogen and oxygen atoms in total. The highest BCUT2D eigenvalue weighted by Gasteiger charge is 2.40. The van der Waals surface area contributed by atoms with Gasteiger partial charge in [-0.25, -0.2) is 4.98 Å². The van der Waals surface area contributed by atoms with Crippen LogP contribution in [-0.2, 0) is 0 Å². The molecule has 1 aromatic rings. The van der Waals surface area contributed by atoms with Crippen molar-refractivity contribution in [2.24, 2.45) is 5.92 Å². The summed E-state index contributed by atoms with van der Waals surface area (Å²) < 4.78 is 0. The number of aliphatic hydroxyl groups excluding tert-OH is 1. The summed E-state index contributed by atoms with van der Waals surface area (Å²) in [5.74, 6) is 0.811. The molecule has 4 N–H and O–H groups in total. The molecule has 100 valence electrons. The number of anilines is 1. The van der Waals surface area contributed by atoms with E-state index in [4.69, 9.17) is 17.3 Å². The Morgan fingerprint density at radius 2 is 2.11 bits per heavy atom. The fraction of sp³-hybridized carbons (Fsp3) is 0.615. The Morgan fingerprint density at radius 3 is 2.72 bits per heavy atom. The Labute approximate surface area is 112 Å². The molecule has 1 aliphatic rings. The lowest BCUT2D eigenvalue weighted by atomic mass is 9.75. The second kappa shape index (κ2) is 5.03. The molecule has 1 atom stereocenters. The second-order valence-corrected chi connectivity index (χ2v) is 5.75. The lowest BCUT2D eigenvalue weighted by Crippen LogP contribution is -2.40. The van der Waals surface area contributed by atoms with E-state index >= 15 is 0 Å². The molecule has 1 saturated carbocycles.